The zero-order chi connectivity index (χ0) is 29.8. The molecule has 1 aliphatic rings. The third-order valence-electron chi connectivity index (χ3n) is 6.32. The van der Waals surface area contributed by atoms with Crippen LogP contribution in [0.1, 0.15) is 30.3 Å². The lowest BCUT2D eigenvalue weighted by atomic mass is 10.1. The predicted octanol–water partition coefficient (Wildman–Crippen LogP) is 0.387. The molecule has 14 nitrogen and oxygen atoms in total. The number of ether oxygens (including phenoxy) is 2. The highest BCUT2D eigenvalue weighted by molar-refractivity contribution is 5.96. The number of aliphatic hydroxyl groups excluding tert-OH is 2. The highest BCUT2D eigenvalue weighted by atomic mass is 16.6. The number of aliphatic carboxylic acids is 1. The van der Waals surface area contributed by atoms with Gasteiger partial charge in [0.1, 0.15) is 11.7 Å². The van der Waals surface area contributed by atoms with E-state index in [0.29, 0.717) is 5.56 Å². The Morgan fingerprint density at radius 3 is 2.27 bits per heavy atom. The second-order valence-corrected chi connectivity index (χ2v) is 9.29. The van der Waals surface area contributed by atoms with Gasteiger partial charge in [0, 0.05) is 50.1 Å². The molecule has 1 fully saturated rings. The van der Waals surface area contributed by atoms with E-state index in [4.69, 9.17) is 9.47 Å². The molecule has 0 radical (unpaired) electrons. The van der Waals surface area contributed by atoms with Crippen molar-refractivity contribution in [2.45, 2.75) is 25.8 Å². The molecule has 41 heavy (non-hydrogen) atoms. The summed E-state index contributed by atoms with van der Waals surface area (Å²) >= 11 is 0. The van der Waals surface area contributed by atoms with Crippen molar-refractivity contribution in [3.8, 4) is 17.3 Å². The number of amides is 3. The number of nitrogens with zero attached hydrogens (tertiary/aromatic N) is 4. The van der Waals surface area contributed by atoms with Crippen molar-refractivity contribution >= 4 is 23.9 Å². The second kappa shape index (κ2) is 15.5. The lowest BCUT2D eigenvalue weighted by Crippen LogP contribution is -2.56. The summed E-state index contributed by atoms with van der Waals surface area (Å²) in [7, 11) is 0. The van der Waals surface area contributed by atoms with Crippen LogP contribution in [0.2, 0.25) is 0 Å². The average molecular weight is 574 g/mol. The molecule has 222 valence electrons. The number of carbonyl (C=O) groups excluding carboxylic acids is 3. The Hall–Kier alpha value is -4.30. The summed E-state index contributed by atoms with van der Waals surface area (Å²) in [6, 6.07) is 8.91. The van der Waals surface area contributed by atoms with Gasteiger partial charge in [-0.25, -0.2) is 9.78 Å². The molecule has 1 saturated heterocycles. The van der Waals surface area contributed by atoms with Crippen molar-refractivity contribution < 1.29 is 44.0 Å². The van der Waals surface area contributed by atoms with Crippen molar-refractivity contribution in [1.29, 1.82) is 0 Å². The van der Waals surface area contributed by atoms with Crippen molar-refractivity contribution in [2.75, 3.05) is 52.6 Å². The van der Waals surface area contributed by atoms with Crippen molar-refractivity contribution in [3.63, 3.8) is 0 Å². The normalized spacial score (nSPS) is 14.0. The summed E-state index contributed by atoms with van der Waals surface area (Å²) in [5, 5.41) is 30.5. The van der Waals surface area contributed by atoms with E-state index in [1.807, 2.05) is 0 Å². The Bertz CT molecular complexity index is 1180. The average Bonchev–Trinajstić information content (AvgIpc) is 2.99. The van der Waals surface area contributed by atoms with E-state index in [1.165, 1.54) is 15.9 Å². The monoisotopic (exact) mass is 573 g/mol. The Morgan fingerprint density at radius 2 is 1.66 bits per heavy atom. The van der Waals surface area contributed by atoms with Crippen molar-refractivity contribution in [3.05, 3.63) is 42.1 Å². The Labute approximate surface area is 236 Å². The number of aliphatic hydroxyl groups is 2. The van der Waals surface area contributed by atoms with Crippen LogP contribution in [0.3, 0.4) is 0 Å². The minimum atomic E-state index is -1.17. The molecule has 1 aliphatic heterocycles. The summed E-state index contributed by atoms with van der Waals surface area (Å²) in [5.74, 6) is -2.74. The number of carboxylic acid groups (broad SMARTS) is 1. The number of carbonyl (C=O) groups is 4. The smallest absolute Gasteiger partial charge is 0.409 e. The fourth-order valence-corrected chi connectivity index (χ4v) is 4.00. The third kappa shape index (κ3) is 9.11. The SMILES string of the molecule is CCOC(=O)N1CCN(C(=O)C(CCC(=O)O)NC(=O)c2cc(OCC(CO)CO)nc(-c3ccccc3)n2)CC1. The van der Waals surface area contributed by atoms with Gasteiger partial charge in [0.05, 0.1) is 26.4 Å². The lowest BCUT2D eigenvalue weighted by Gasteiger charge is -2.35. The Balaban J connectivity index is 1.81. The lowest BCUT2D eigenvalue weighted by molar-refractivity contribution is -0.138. The molecule has 1 unspecified atom stereocenters. The fraction of sp³-hybridized carbons (Fsp3) is 0.481. The maximum absolute atomic E-state index is 13.4. The predicted molar refractivity (Wildman–Crippen MR) is 144 cm³/mol. The highest BCUT2D eigenvalue weighted by Crippen LogP contribution is 2.20. The molecule has 1 aromatic carbocycles. The number of hydrogen-bond acceptors (Lipinski definition) is 10. The van der Waals surface area contributed by atoms with E-state index in [2.05, 4.69) is 15.3 Å². The molecule has 2 aromatic rings. The topological polar surface area (TPSA) is 192 Å². The van der Waals surface area contributed by atoms with Crippen molar-refractivity contribution in [2.24, 2.45) is 5.92 Å². The van der Waals surface area contributed by atoms with Gasteiger partial charge in [0.25, 0.3) is 5.91 Å². The van der Waals surface area contributed by atoms with Gasteiger partial charge in [-0.3, -0.25) is 14.4 Å². The third-order valence-corrected chi connectivity index (χ3v) is 6.32. The standard InChI is InChI=1S/C27H35N5O9/c1-2-40-27(39)32-12-10-31(11-13-32)26(38)20(8-9-23(35)36)29-25(37)21-14-22(41-17-18(15-33)16-34)30-24(28-21)19-6-4-3-5-7-19/h3-7,14,18,20,33-34H,2,8-13,15-17H2,1H3,(H,29,37)(H,35,36). The molecule has 2 heterocycles. The number of rotatable bonds is 13. The van der Waals surface area contributed by atoms with Crippen LogP contribution in [-0.2, 0) is 14.3 Å². The first-order chi connectivity index (χ1) is 19.7. The van der Waals surface area contributed by atoms with E-state index < -0.39 is 35.8 Å². The van der Waals surface area contributed by atoms with Gasteiger partial charge >= 0.3 is 12.1 Å². The van der Waals surface area contributed by atoms with Crippen LogP contribution in [0.25, 0.3) is 11.4 Å². The summed E-state index contributed by atoms with van der Waals surface area (Å²) < 4.78 is 10.6. The molecule has 3 rings (SSSR count). The fourth-order valence-electron chi connectivity index (χ4n) is 4.00. The van der Waals surface area contributed by atoms with Crippen LogP contribution in [0.5, 0.6) is 5.88 Å². The molecular weight excluding hydrogens is 538 g/mol. The molecular formula is C27H35N5O9. The summed E-state index contributed by atoms with van der Waals surface area (Å²) in [4.78, 5) is 61.6. The van der Waals surface area contributed by atoms with Crippen LogP contribution in [-0.4, -0.2) is 118 Å². The largest absolute Gasteiger partial charge is 0.481 e. The van der Waals surface area contributed by atoms with Crippen LogP contribution in [0.4, 0.5) is 4.79 Å². The van der Waals surface area contributed by atoms with Crippen LogP contribution >= 0.6 is 0 Å². The first kappa shape index (κ1) is 31.2. The van der Waals surface area contributed by atoms with E-state index in [1.54, 1.807) is 37.3 Å². The molecule has 0 saturated carbocycles. The van der Waals surface area contributed by atoms with Gasteiger partial charge < -0.3 is 39.9 Å². The number of carboxylic acids is 1. The van der Waals surface area contributed by atoms with Gasteiger partial charge in [-0.2, -0.15) is 4.98 Å². The first-order valence-electron chi connectivity index (χ1n) is 13.3. The van der Waals surface area contributed by atoms with E-state index in [0.717, 1.165) is 0 Å². The molecule has 3 amide bonds. The van der Waals surface area contributed by atoms with Gasteiger partial charge in [-0.1, -0.05) is 30.3 Å². The number of nitrogens with one attached hydrogen (secondary N) is 1. The maximum Gasteiger partial charge on any atom is 0.409 e. The molecule has 14 heteroatoms. The van der Waals surface area contributed by atoms with Crippen LogP contribution in [0.15, 0.2) is 36.4 Å². The first-order valence-corrected chi connectivity index (χ1v) is 13.3. The van der Waals surface area contributed by atoms with Crippen LogP contribution < -0.4 is 10.1 Å². The molecule has 1 aromatic heterocycles. The quantitative estimate of drug-likeness (QED) is 0.259. The molecule has 4 N–H and O–H groups in total. The second-order valence-electron chi connectivity index (χ2n) is 9.29. The zero-order valence-electron chi connectivity index (χ0n) is 22.8. The van der Waals surface area contributed by atoms with Crippen LogP contribution in [0, 0.1) is 5.92 Å². The maximum atomic E-state index is 13.4. The van der Waals surface area contributed by atoms with Gasteiger partial charge in [0.15, 0.2) is 5.82 Å². The van der Waals surface area contributed by atoms with E-state index >= 15 is 0 Å². The van der Waals surface area contributed by atoms with Crippen molar-refractivity contribution in [1.82, 2.24) is 25.1 Å². The van der Waals surface area contributed by atoms with Gasteiger partial charge in [0.2, 0.25) is 11.8 Å². The minimum Gasteiger partial charge on any atom is -0.481 e. The Morgan fingerprint density at radius 1 is 1.00 bits per heavy atom. The number of aromatic nitrogens is 2. The zero-order valence-corrected chi connectivity index (χ0v) is 22.8. The summed E-state index contributed by atoms with van der Waals surface area (Å²) in [6.45, 7) is 2.08. The molecule has 1 atom stereocenters. The summed E-state index contributed by atoms with van der Waals surface area (Å²) in [5.41, 5.74) is 0.462. The molecule has 0 bridgehead atoms. The highest BCUT2D eigenvalue weighted by Gasteiger charge is 2.31. The Kier molecular flexibility index (Phi) is 11.8. The number of piperazine rings is 1. The summed E-state index contributed by atoms with van der Waals surface area (Å²) in [6.07, 6.45) is -1.00. The number of benzene rings is 1. The minimum absolute atomic E-state index is 0.0133. The number of hydrogen-bond donors (Lipinski definition) is 4. The van der Waals surface area contributed by atoms with Gasteiger partial charge in [-0.15, -0.1) is 0 Å². The van der Waals surface area contributed by atoms with Gasteiger partial charge in [-0.05, 0) is 13.3 Å². The van der Waals surface area contributed by atoms with E-state index in [9.17, 15) is 34.5 Å². The molecule has 0 spiro atoms. The van der Waals surface area contributed by atoms with E-state index in [-0.39, 0.29) is 82.8 Å². The molecule has 0 aliphatic carbocycles.